The van der Waals surface area contributed by atoms with E-state index in [0.29, 0.717) is 12.5 Å². The molecule has 6 heteroatoms. The van der Waals surface area contributed by atoms with Crippen LogP contribution in [0.1, 0.15) is 57.2 Å². The van der Waals surface area contributed by atoms with Gasteiger partial charge in [0.05, 0.1) is 26.2 Å². The van der Waals surface area contributed by atoms with Gasteiger partial charge in [-0.1, -0.05) is 25.5 Å². The highest BCUT2D eigenvalue weighted by atomic mass is 16.6. The van der Waals surface area contributed by atoms with Crippen LogP contribution in [0.25, 0.3) is 0 Å². The van der Waals surface area contributed by atoms with Gasteiger partial charge in [-0.15, -0.1) is 0 Å². The number of rotatable bonds is 4. The summed E-state index contributed by atoms with van der Waals surface area (Å²) in [6.45, 7) is 8.09. The summed E-state index contributed by atoms with van der Waals surface area (Å²) in [4.78, 5) is 15.4. The summed E-state index contributed by atoms with van der Waals surface area (Å²) in [5, 5.41) is 11.6. The molecule has 2 heterocycles. The van der Waals surface area contributed by atoms with E-state index in [1.165, 1.54) is 16.7 Å². The van der Waals surface area contributed by atoms with E-state index in [0.717, 1.165) is 43.7 Å². The van der Waals surface area contributed by atoms with Gasteiger partial charge in [-0.05, 0) is 55.4 Å². The van der Waals surface area contributed by atoms with Gasteiger partial charge in [-0.2, -0.15) is 0 Å². The number of aliphatic hydroxyl groups excluding tert-OH is 1. The van der Waals surface area contributed by atoms with Crippen LogP contribution in [-0.4, -0.2) is 55.5 Å². The quantitative estimate of drug-likeness (QED) is 0.549. The zero-order valence-electron chi connectivity index (χ0n) is 20.5. The Morgan fingerprint density at radius 1 is 1.21 bits per heavy atom. The first-order valence-corrected chi connectivity index (χ1v) is 12.4. The zero-order chi connectivity index (χ0) is 23.5. The van der Waals surface area contributed by atoms with Crippen molar-refractivity contribution in [3.8, 4) is 11.5 Å². The molecule has 0 amide bonds. The van der Waals surface area contributed by atoms with Crippen LogP contribution >= 0.6 is 0 Å². The van der Waals surface area contributed by atoms with Crippen molar-refractivity contribution in [2.45, 2.75) is 64.7 Å². The Balaban J connectivity index is 1.40. The number of benzene rings is 1. The molecule has 2 fully saturated rings. The fraction of sp³-hybridized carbons (Fsp3) is 0.667. The molecule has 1 N–H and O–H groups in total. The second kappa shape index (κ2) is 8.31. The molecule has 1 aromatic rings. The van der Waals surface area contributed by atoms with Gasteiger partial charge in [0.2, 0.25) is 0 Å². The van der Waals surface area contributed by atoms with Gasteiger partial charge in [0, 0.05) is 36.9 Å². The SMILES string of the molecule is COc1cc2c(cc1OC)C(C)N(CC1C(=O)OC3CC4=CCCC(C)[C@@]4(C)C(O)C31)CC2. The average Bonchev–Trinajstić information content (AvgIpc) is 3.11. The summed E-state index contributed by atoms with van der Waals surface area (Å²) in [5.74, 6) is 1.27. The number of nitrogens with zero attached hydrogens (tertiary/aromatic N) is 1. The summed E-state index contributed by atoms with van der Waals surface area (Å²) in [5.41, 5.74) is 3.49. The van der Waals surface area contributed by atoms with Crippen LogP contribution in [0.15, 0.2) is 23.8 Å². The van der Waals surface area contributed by atoms with E-state index in [1.54, 1.807) is 14.2 Å². The fourth-order valence-electron chi connectivity index (χ4n) is 6.97. The number of fused-ring (bicyclic) bond motifs is 3. The number of hydrogen-bond donors (Lipinski definition) is 1. The molecule has 0 spiro atoms. The van der Waals surface area contributed by atoms with Gasteiger partial charge in [-0.3, -0.25) is 9.69 Å². The average molecular weight is 456 g/mol. The van der Waals surface area contributed by atoms with Crippen LogP contribution in [0.4, 0.5) is 0 Å². The predicted molar refractivity (Wildman–Crippen MR) is 125 cm³/mol. The van der Waals surface area contributed by atoms with Gasteiger partial charge >= 0.3 is 5.97 Å². The standard InChI is InChI=1S/C27H37NO5/c1-15-7-6-8-18-12-23-24(25(29)27(15,18)3)20(26(30)33-23)14-28-10-9-17-11-21(31-4)22(32-5)13-19(17)16(28)2/h8,11,13,15-16,20,23-25,29H,6-7,9-10,12,14H2,1-5H3/t15?,16?,20?,23?,24?,25?,27-/m1/s1. The minimum absolute atomic E-state index is 0.140. The maximum atomic E-state index is 13.1. The Kier molecular flexibility index (Phi) is 5.73. The Labute approximate surface area is 196 Å². The minimum atomic E-state index is -0.564. The van der Waals surface area contributed by atoms with E-state index in [2.05, 4.69) is 43.9 Å². The van der Waals surface area contributed by atoms with Crippen LogP contribution in [0, 0.1) is 23.2 Å². The molecule has 2 aliphatic heterocycles. The van der Waals surface area contributed by atoms with Gasteiger partial charge < -0.3 is 19.3 Å². The van der Waals surface area contributed by atoms with Crippen LogP contribution < -0.4 is 9.47 Å². The third kappa shape index (κ3) is 3.40. The van der Waals surface area contributed by atoms with Gasteiger partial charge in [-0.25, -0.2) is 0 Å². The van der Waals surface area contributed by atoms with Crippen molar-refractivity contribution in [1.29, 1.82) is 0 Å². The topological polar surface area (TPSA) is 68.2 Å². The van der Waals surface area contributed by atoms with Gasteiger partial charge in [0.15, 0.2) is 11.5 Å². The number of aliphatic hydroxyl groups is 1. The molecule has 1 aromatic carbocycles. The lowest BCUT2D eigenvalue weighted by Crippen LogP contribution is -2.55. The molecule has 1 saturated heterocycles. The maximum Gasteiger partial charge on any atom is 0.311 e. The number of methoxy groups -OCH3 is 2. The lowest BCUT2D eigenvalue weighted by molar-refractivity contribution is -0.145. The first-order valence-electron chi connectivity index (χ1n) is 12.4. The molecule has 0 radical (unpaired) electrons. The molecule has 33 heavy (non-hydrogen) atoms. The molecule has 6 nitrogen and oxygen atoms in total. The van der Waals surface area contributed by atoms with Crippen molar-refractivity contribution in [2.24, 2.45) is 23.2 Å². The predicted octanol–water partition coefficient (Wildman–Crippen LogP) is 3.91. The number of esters is 1. The van der Waals surface area contributed by atoms with Crippen LogP contribution in [0.2, 0.25) is 0 Å². The summed E-state index contributed by atoms with van der Waals surface area (Å²) in [6.07, 6.45) is 5.29. The van der Waals surface area contributed by atoms with Crippen molar-refractivity contribution in [3.05, 3.63) is 34.9 Å². The first-order chi connectivity index (χ1) is 15.8. The van der Waals surface area contributed by atoms with Crippen molar-refractivity contribution in [2.75, 3.05) is 27.3 Å². The molecular weight excluding hydrogens is 418 g/mol. The van der Waals surface area contributed by atoms with E-state index < -0.39 is 6.10 Å². The van der Waals surface area contributed by atoms with Crippen LogP contribution in [0.5, 0.6) is 11.5 Å². The minimum Gasteiger partial charge on any atom is -0.493 e. The summed E-state index contributed by atoms with van der Waals surface area (Å²) in [6, 6.07) is 4.28. The number of hydrogen-bond acceptors (Lipinski definition) is 6. The Hall–Kier alpha value is -2.05. The molecule has 0 aromatic heterocycles. The first kappa shape index (κ1) is 22.7. The highest BCUT2D eigenvalue weighted by Gasteiger charge is 2.60. The molecular formula is C27H37NO5. The Morgan fingerprint density at radius 3 is 2.67 bits per heavy atom. The third-order valence-electron chi connectivity index (χ3n) is 9.31. The highest BCUT2D eigenvalue weighted by Crippen LogP contribution is 2.56. The third-order valence-corrected chi connectivity index (χ3v) is 9.31. The molecule has 5 rings (SSSR count). The summed E-state index contributed by atoms with van der Waals surface area (Å²) in [7, 11) is 3.32. The van der Waals surface area contributed by atoms with E-state index in [1.807, 2.05) is 0 Å². The number of ether oxygens (including phenoxy) is 3. The van der Waals surface area contributed by atoms with E-state index in [9.17, 15) is 9.90 Å². The lowest BCUT2D eigenvalue weighted by Gasteiger charge is -2.52. The van der Waals surface area contributed by atoms with Crippen LogP contribution in [-0.2, 0) is 16.0 Å². The Morgan fingerprint density at radius 2 is 1.94 bits per heavy atom. The second-order valence-electron chi connectivity index (χ2n) is 10.6. The van der Waals surface area contributed by atoms with E-state index >= 15 is 0 Å². The van der Waals surface area contributed by atoms with Crippen molar-refractivity contribution in [1.82, 2.24) is 4.90 Å². The van der Waals surface area contributed by atoms with Crippen molar-refractivity contribution < 1.29 is 24.1 Å². The number of carbonyl (C=O) groups excluding carboxylic acids is 1. The summed E-state index contributed by atoms with van der Waals surface area (Å²) < 4.78 is 16.9. The zero-order valence-corrected chi connectivity index (χ0v) is 20.5. The largest absolute Gasteiger partial charge is 0.493 e. The fourth-order valence-corrected chi connectivity index (χ4v) is 6.97. The molecule has 4 aliphatic rings. The maximum absolute atomic E-state index is 13.1. The van der Waals surface area contributed by atoms with Crippen LogP contribution in [0.3, 0.4) is 0 Å². The lowest BCUT2D eigenvalue weighted by atomic mass is 9.55. The molecule has 0 bridgehead atoms. The smallest absolute Gasteiger partial charge is 0.311 e. The van der Waals surface area contributed by atoms with Crippen molar-refractivity contribution >= 4 is 5.97 Å². The summed E-state index contributed by atoms with van der Waals surface area (Å²) >= 11 is 0. The highest BCUT2D eigenvalue weighted by molar-refractivity contribution is 5.76. The monoisotopic (exact) mass is 455 g/mol. The molecule has 6 unspecified atom stereocenters. The molecule has 180 valence electrons. The number of carbonyl (C=O) groups is 1. The normalized spacial score (nSPS) is 38.0. The molecule has 1 saturated carbocycles. The number of allylic oxidation sites excluding steroid dienone is 1. The van der Waals surface area contributed by atoms with Crippen molar-refractivity contribution in [3.63, 3.8) is 0 Å². The second-order valence-corrected chi connectivity index (χ2v) is 10.6. The van der Waals surface area contributed by atoms with Gasteiger partial charge in [0.1, 0.15) is 6.10 Å². The Bertz CT molecular complexity index is 974. The molecule has 7 atom stereocenters. The van der Waals surface area contributed by atoms with E-state index in [-0.39, 0.29) is 35.4 Å². The molecule has 2 aliphatic carbocycles. The van der Waals surface area contributed by atoms with E-state index in [4.69, 9.17) is 14.2 Å². The van der Waals surface area contributed by atoms with Gasteiger partial charge in [0.25, 0.3) is 0 Å².